The van der Waals surface area contributed by atoms with Crippen molar-refractivity contribution in [3.05, 3.63) is 42.6 Å². The Hall–Kier alpha value is -2.34. The Morgan fingerprint density at radius 2 is 1.95 bits per heavy atom. The van der Waals surface area contributed by atoms with Crippen molar-refractivity contribution < 1.29 is 0 Å². The van der Waals surface area contributed by atoms with E-state index in [1.165, 1.54) is 11.8 Å². The molecule has 1 aromatic carbocycles. The first kappa shape index (κ1) is 12.7. The van der Waals surface area contributed by atoms with E-state index >= 15 is 0 Å². The van der Waals surface area contributed by atoms with Gasteiger partial charge in [-0.25, -0.2) is 9.97 Å². The van der Waals surface area contributed by atoms with Crippen LogP contribution in [0.5, 0.6) is 0 Å². The number of aromatic amines is 1. The number of hydrogen-bond donors (Lipinski definition) is 2. The first-order chi connectivity index (χ1) is 9.79. The number of anilines is 1. The lowest BCUT2D eigenvalue weighted by Gasteiger charge is -2.04. The number of hydrogen-bond acceptors (Lipinski definition) is 5. The molecule has 5 nitrogen and oxygen atoms in total. The van der Waals surface area contributed by atoms with E-state index < -0.39 is 0 Å². The molecule has 0 radical (unpaired) electrons. The van der Waals surface area contributed by atoms with Gasteiger partial charge in [0.05, 0.1) is 17.0 Å². The quantitative estimate of drug-likeness (QED) is 0.570. The van der Waals surface area contributed by atoms with Crippen molar-refractivity contribution >= 4 is 17.6 Å². The van der Waals surface area contributed by atoms with Gasteiger partial charge < -0.3 is 5.73 Å². The lowest BCUT2D eigenvalue weighted by Crippen LogP contribution is -1.93. The molecule has 0 fully saturated rings. The number of H-pyrrole nitrogens is 1. The van der Waals surface area contributed by atoms with E-state index in [1.54, 1.807) is 6.20 Å². The zero-order valence-electron chi connectivity index (χ0n) is 10.9. The summed E-state index contributed by atoms with van der Waals surface area (Å²) in [4.78, 5) is 8.67. The Labute approximate surface area is 120 Å². The second kappa shape index (κ2) is 5.34. The van der Waals surface area contributed by atoms with E-state index in [0.717, 1.165) is 22.5 Å². The summed E-state index contributed by atoms with van der Waals surface area (Å²) in [5.74, 6) is 0.439. The molecule has 0 aliphatic carbocycles. The summed E-state index contributed by atoms with van der Waals surface area (Å²) >= 11 is 1.49. The molecular weight excluding hydrogens is 270 g/mol. The Morgan fingerprint density at radius 3 is 2.70 bits per heavy atom. The summed E-state index contributed by atoms with van der Waals surface area (Å²) < 4.78 is 0. The number of nitrogen functional groups attached to an aromatic ring is 1. The van der Waals surface area contributed by atoms with Gasteiger partial charge in [-0.3, -0.25) is 5.10 Å². The van der Waals surface area contributed by atoms with Crippen LogP contribution in [0.15, 0.2) is 47.8 Å². The third kappa shape index (κ3) is 2.25. The van der Waals surface area contributed by atoms with Gasteiger partial charge in [-0.15, -0.1) is 0 Å². The Balaban J connectivity index is 2.16. The Bertz CT molecular complexity index is 723. The van der Waals surface area contributed by atoms with E-state index in [4.69, 9.17) is 5.73 Å². The summed E-state index contributed by atoms with van der Waals surface area (Å²) in [6, 6.07) is 11.8. The third-order valence-corrected chi connectivity index (χ3v) is 3.49. The van der Waals surface area contributed by atoms with Gasteiger partial charge in [0, 0.05) is 11.8 Å². The van der Waals surface area contributed by atoms with Gasteiger partial charge in [-0.2, -0.15) is 5.10 Å². The Morgan fingerprint density at radius 1 is 1.15 bits per heavy atom. The molecule has 0 amide bonds. The number of rotatable bonds is 3. The van der Waals surface area contributed by atoms with Crippen molar-refractivity contribution in [1.29, 1.82) is 0 Å². The molecule has 0 saturated heterocycles. The van der Waals surface area contributed by atoms with Crippen LogP contribution in [-0.2, 0) is 0 Å². The van der Waals surface area contributed by atoms with Crippen LogP contribution in [0.25, 0.3) is 22.5 Å². The SMILES string of the molecule is CSc1nccc(-c2c(N)n[nH]c2-c2ccccc2)n1. The molecule has 0 saturated carbocycles. The van der Waals surface area contributed by atoms with E-state index in [9.17, 15) is 0 Å². The highest BCUT2D eigenvalue weighted by molar-refractivity contribution is 7.98. The maximum absolute atomic E-state index is 5.99. The topological polar surface area (TPSA) is 80.5 Å². The van der Waals surface area contributed by atoms with Gasteiger partial charge in [0.2, 0.25) is 0 Å². The minimum Gasteiger partial charge on any atom is -0.382 e. The lowest BCUT2D eigenvalue weighted by atomic mass is 10.1. The highest BCUT2D eigenvalue weighted by Gasteiger charge is 2.16. The first-order valence-corrected chi connectivity index (χ1v) is 7.28. The number of thioether (sulfide) groups is 1. The standard InChI is InChI=1S/C14H13N5S/c1-20-14-16-8-7-10(17-14)11-12(18-19-13(11)15)9-5-3-2-4-6-9/h2-8H,1H3,(H3,15,18,19). The highest BCUT2D eigenvalue weighted by atomic mass is 32.2. The molecular formula is C14H13N5S. The highest BCUT2D eigenvalue weighted by Crippen LogP contribution is 2.33. The van der Waals surface area contributed by atoms with Crippen molar-refractivity contribution in [2.75, 3.05) is 12.0 Å². The fourth-order valence-electron chi connectivity index (χ4n) is 2.01. The number of nitrogens with one attached hydrogen (secondary N) is 1. The molecule has 0 bridgehead atoms. The maximum Gasteiger partial charge on any atom is 0.187 e. The van der Waals surface area contributed by atoms with E-state index in [0.29, 0.717) is 11.0 Å². The van der Waals surface area contributed by atoms with E-state index in [1.807, 2.05) is 42.7 Å². The molecule has 0 aliphatic heterocycles. The van der Waals surface area contributed by atoms with Gasteiger partial charge in [-0.1, -0.05) is 42.1 Å². The molecule has 20 heavy (non-hydrogen) atoms. The van der Waals surface area contributed by atoms with Gasteiger partial charge in [0.1, 0.15) is 0 Å². The molecule has 3 rings (SSSR count). The van der Waals surface area contributed by atoms with Crippen LogP contribution in [-0.4, -0.2) is 26.4 Å². The molecule has 3 N–H and O–H groups in total. The van der Waals surface area contributed by atoms with Crippen LogP contribution in [0.1, 0.15) is 0 Å². The maximum atomic E-state index is 5.99. The number of aromatic nitrogens is 4. The van der Waals surface area contributed by atoms with Crippen molar-refractivity contribution in [3.8, 4) is 22.5 Å². The summed E-state index contributed by atoms with van der Waals surface area (Å²) in [6.07, 6.45) is 3.67. The minimum atomic E-state index is 0.439. The predicted octanol–water partition coefficient (Wildman–Crippen LogP) is 2.84. The van der Waals surface area contributed by atoms with Gasteiger partial charge in [0.25, 0.3) is 0 Å². The molecule has 6 heteroatoms. The minimum absolute atomic E-state index is 0.439. The van der Waals surface area contributed by atoms with Crippen LogP contribution in [0, 0.1) is 0 Å². The largest absolute Gasteiger partial charge is 0.382 e. The van der Waals surface area contributed by atoms with Crippen LogP contribution in [0.3, 0.4) is 0 Å². The molecule has 0 unspecified atom stereocenters. The molecule has 3 aromatic rings. The average Bonchev–Trinajstić information content (AvgIpc) is 2.90. The second-order valence-corrected chi connectivity index (χ2v) is 4.93. The smallest absolute Gasteiger partial charge is 0.187 e. The van der Waals surface area contributed by atoms with Crippen LogP contribution < -0.4 is 5.73 Å². The molecule has 100 valence electrons. The number of benzene rings is 1. The molecule has 2 heterocycles. The Kier molecular flexibility index (Phi) is 3.39. The van der Waals surface area contributed by atoms with Crippen LogP contribution >= 0.6 is 11.8 Å². The summed E-state index contributed by atoms with van der Waals surface area (Å²) in [6.45, 7) is 0. The number of nitrogens with zero attached hydrogens (tertiary/aromatic N) is 3. The average molecular weight is 283 g/mol. The van der Waals surface area contributed by atoms with Crippen molar-refractivity contribution in [2.24, 2.45) is 0 Å². The van der Waals surface area contributed by atoms with Gasteiger partial charge >= 0.3 is 0 Å². The monoisotopic (exact) mass is 283 g/mol. The second-order valence-electron chi connectivity index (χ2n) is 4.15. The van der Waals surface area contributed by atoms with Crippen LogP contribution in [0.2, 0.25) is 0 Å². The van der Waals surface area contributed by atoms with Gasteiger partial charge in [-0.05, 0) is 12.3 Å². The van der Waals surface area contributed by atoms with E-state index in [2.05, 4.69) is 20.2 Å². The zero-order valence-corrected chi connectivity index (χ0v) is 11.7. The van der Waals surface area contributed by atoms with Crippen LogP contribution in [0.4, 0.5) is 5.82 Å². The number of nitrogens with two attached hydrogens (primary N) is 1. The van der Waals surface area contributed by atoms with E-state index in [-0.39, 0.29) is 0 Å². The molecule has 2 aromatic heterocycles. The molecule has 0 spiro atoms. The van der Waals surface area contributed by atoms with Crippen molar-refractivity contribution in [3.63, 3.8) is 0 Å². The summed E-state index contributed by atoms with van der Waals surface area (Å²) in [5, 5.41) is 7.80. The molecule has 0 aliphatic rings. The molecule has 0 atom stereocenters. The van der Waals surface area contributed by atoms with Crippen molar-refractivity contribution in [2.45, 2.75) is 5.16 Å². The fourth-order valence-corrected chi connectivity index (χ4v) is 2.36. The lowest BCUT2D eigenvalue weighted by molar-refractivity contribution is 0.977. The first-order valence-electron chi connectivity index (χ1n) is 6.06. The summed E-state index contributed by atoms with van der Waals surface area (Å²) in [5.41, 5.74) is 9.47. The van der Waals surface area contributed by atoms with Crippen molar-refractivity contribution in [1.82, 2.24) is 20.2 Å². The third-order valence-electron chi connectivity index (χ3n) is 2.93. The zero-order chi connectivity index (χ0) is 13.9. The predicted molar refractivity (Wildman–Crippen MR) is 81.2 cm³/mol. The van der Waals surface area contributed by atoms with Gasteiger partial charge in [0.15, 0.2) is 11.0 Å². The fraction of sp³-hybridized carbons (Fsp3) is 0.0714. The normalized spacial score (nSPS) is 10.7. The summed E-state index contributed by atoms with van der Waals surface area (Å²) in [7, 11) is 0.